The van der Waals surface area contributed by atoms with E-state index in [-0.39, 0.29) is 25.0 Å². The van der Waals surface area contributed by atoms with Crippen LogP contribution in [0.15, 0.2) is 0 Å². The van der Waals surface area contributed by atoms with E-state index in [1.54, 1.807) is 27.7 Å². The molecule has 2 fully saturated rings. The Morgan fingerprint density at radius 1 is 1.32 bits per heavy atom. The number of carbonyl (C=O) groups is 1. The van der Waals surface area contributed by atoms with E-state index in [1.807, 2.05) is 4.90 Å². The van der Waals surface area contributed by atoms with Gasteiger partial charge >= 0.3 is 5.97 Å². The van der Waals surface area contributed by atoms with Crippen LogP contribution in [0, 0.1) is 5.41 Å². The summed E-state index contributed by atoms with van der Waals surface area (Å²) in [5.41, 5.74) is -0.616. The van der Waals surface area contributed by atoms with Crippen LogP contribution in [0.25, 0.3) is 0 Å². The molecule has 0 aliphatic carbocycles. The lowest BCUT2D eigenvalue weighted by Gasteiger charge is -2.37. The van der Waals surface area contributed by atoms with Crippen molar-refractivity contribution in [1.82, 2.24) is 10.2 Å². The Balaban J connectivity index is 2.06. The number of piperidine rings is 1. The van der Waals surface area contributed by atoms with Gasteiger partial charge in [-0.25, -0.2) is 8.78 Å². The summed E-state index contributed by atoms with van der Waals surface area (Å²) in [5.74, 6) is -3.03. The zero-order valence-corrected chi connectivity index (χ0v) is 14.0. The fourth-order valence-electron chi connectivity index (χ4n) is 3.27. The molecule has 0 bridgehead atoms. The van der Waals surface area contributed by atoms with Gasteiger partial charge in [0.05, 0.1) is 18.0 Å². The van der Waals surface area contributed by atoms with Crippen LogP contribution in [0.1, 0.15) is 47.0 Å². The lowest BCUT2D eigenvalue weighted by molar-refractivity contribution is -0.161. The van der Waals surface area contributed by atoms with Gasteiger partial charge in [0.15, 0.2) is 0 Å². The maximum Gasteiger partial charge on any atom is 0.311 e. The van der Waals surface area contributed by atoms with Crippen LogP contribution in [0.3, 0.4) is 0 Å². The van der Waals surface area contributed by atoms with Crippen molar-refractivity contribution in [2.75, 3.05) is 19.6 Å². The fourth-order valence-corrected chi connectivity index (χ4v) is 3.27. The number of esters is 1. The largest absolute Gasteiger partial charge is 0.461 e. The van der Waals surface area contributed by atoms with Gasteiger partial charge in [-0.05, 0) is 53.6 Å². The van der Waals surface area contributed by atoms with Crippen molar-refractivity contribution in [3.8, 4) is 0 Å². The summed E-state index contributed by atoms with van der Waals surface area (Å²) in [6.07, 6.45) is 0.990. The highest BCUT2D eigenvalue weighted by Crippen LogP contribution is 2.37. The summed E-state index contributed by atoms with van der Waals surface area (Å²) in [5, 5.41) is 3.26. The van der Waals surface area contributed by atoms with Gasteiger partial charge in [-0.3, -0.25) is 9.69 Å². The predicted molar refractivity (Wildman–Crippen MR) is 81.0 cm³/mol. The molecular formula is C16H28F2N2O2. The zero-order chi connectivity index (χ0) is 16.5. The van der Waals surface area contributed by atoms with Crippen molar-refractivity contribution < 1.29 is 18.3 Å². The van der Waals surface area contributed by atoms with Crippen LogP contribution in [0.4, 0.5) is 8.78 Å². The number of alkyl halides is 2. The van der Waals surface area contributed by atoms with E-state index in [0.29, 0.717) is 0 Å². The molecule has 4 nitrogen and oxygen atoms in total. The minimum absolute atomic E-state index is 0.149. The molecule has 2 heterocycles. The van der Waals surface area contributed by atoms with E-state index in [0.717, 1.165) is 25.9 Å². The minimum atomic E-state index is -2.70. The molecule has 2 rings (SSSR count). The van der Waals surface area contributed by atoms with Crippen molar-refractivity contribution >= 4 is 5.97 Å². The standard InChI is InChI=1S/C16H28F2N2O2/c1-11(22-14(21)15(2,3)4)13-9-16(17,18)10-20(13)12-5-7-19-8-6-12/h11-13,19H,5-10H2,1-4H3/t11?,13-/m1/s1. The zero-order valence-electron chi connectivity index (χ0n) is 14.0. The quantitative estimate of drug-likeness (QED) is 0.812. The topological polar surface area (TPSA) is 41.6 Å². The molecule has 0 radical (unpaired) electrons. The van der Waals surface area contributed by atoms with Crippen molar-refractivity contribution in [3.63, 3.8) is 0 Å². The molecular weight excluding hydrogens is 290 g/mol. The Morgan fingerprint density at radius 3 is 2.45 bits per heavy atom. The van der Waals surface area contributed by atoms with E-state index in [4.69, 9.17) is 4.74 Å². The van der Waals surface area contributed by atoms with Gasteiger partial charge in [0.1, 0.15) is 6.10 Å². The normalized spacial score (nSPS) is 28.5. The number of carbonyl (C=O) groups excluding carboxylic acids is 1. The highest BCUT2D eigenvalue weighted by molar-refractivity contribution is 5.75. The monoisotopic (exact) mass is 318 g/mol. The van der Waals surface area contributed by atoms with Crippen LogP contribution in [0.2, 0.25) is 0 Å². The summed E-state index contributed by atoms with van der Waals surface area (Å²) in [6, 6.07) is -0.250. The second-order valence-electron chi connectivity index (χ2n) is 7.64. The fraction of sp³-hybridized carbons (Fsp3) is 0.938. The van der Waals surface area contributed by atoms with Crippen molar-refractivity contribution in [1.29, 1.82) is 0 Å². The Hall–Kier alpha value is -0.750. The number of ether oxygens (including phenoxy) is 1. The van der Waals surface area contributed by atoms with Gasteiger partial charge < -0.3 is 10.1 Å². The van der Waals surface area contributed by atoms with Gasteiger partial charge in [0.25, 0.3) is 5.92 Å². The number of nitrogens with zero attached hydrogens (tertiary/aromatic N) is 1. The van der Waals surface area contributed by atoms with E-state index in [1.165, 1.54) is 0 Å². The Morgan fingerprint density at radius 2 is 1.91 bits per heavy atom. The second-order valence-corrected chi connectivity index (χ2v) is 7.64. The van der Waals surface area contributed by atoms with Crippen molar-refractivity contribution in [3.05, 3.63) is 0 Å². The average Bonchev–Trinajstić information content (AvgIpc) is 2.75. The molecule has 22 heavy (non-hydrogen) atoms. The van der Waals surface area contributed by atoms with Crippen molar-refractivity contribution in [2.45, 2.75) is 71.1 Å². The molecule has 0 aromatic heterocycles. The molecule has 2 aliphatic rings. The predicted octanol–water partition coefficient (Wildman–Crippen LogP) is 2.43. The van der Waals surface area contributed by atoms with Crippen LogP contribution in [0.5, 0.6) is 0 Å². The Kier molecular flexibility index (Phi) is 5.12. The Bertz CT molecular complexity index is 403. The molecule has 0 spiro atoms. The molecule has 1 unspecified atom stereocenters. The van der Waals surface area contributed by atoms with E-state index in [2.05, 4.69) is 5.32 Å². The van der Waals surface area contributed by atoms with Crippen LogP contribution < -0.4 is 5.32 Å². The van der Waals surface area contributed by atoms with Crippen LogP contribution in [-0.4, -0.2) is 54.6 Å². The van der Waals surface area contributed by atoms with E-state index in [9.17, 15) is 13.6 Å². The number of nitrogens with one attached hydrogen (secondary N) is 1. The van der Waals surface area contributed by atoms with Gasteiger partial charge in [-0.2, -0.15) is 0 Å². The third-order valence-electron chi connectivity index (χ3n) is 4.57. The molecule has 128 valence electrons. The van der Waals surface area contributed by atoms with Gasteiger partial charge in [-0.1, -0.05) is 0 Å². The molecule has 0 aromatic carbocycles. The van der Waals surface area contributed by atoms with Crippen molar-refractivity contribution in [2.24, 2.45) is 5.41 Å². The first-order valence-corrected chi connectivity index (χ1v) is 8.15. The number of halogens is 2. The minimum Gasteiger partial charge on any atom is -0.461 e. The number of hydrogen-bond donors (Lipinski definition) is 1. The molecule has 0 amide bonds. The number of rotatable bonds is 3. The second kappa shape index (κ2) is 6.40. The van der Waals surface area contributed by atoms with E-state index >= 15 is 0 Å². The lowest BCUT2D eigenvalue weighted by atomic mass is 9.97. The SMILES string of the molecule is CC(OC(=O)C(C)(C)C)[C@H]1CC(F)(F)CN1C1CCNCC1. The van der Waals surface area contributed by atoms with Gasteiger partial charge in [-0.15, -0.1) is 0 Å². The highest BCUT2D eigenvalue weighted by atomic mass is 19.3. The maximum absolute atomic E-state index is 13.9. The summed E-state index contributed by atoms with van der Waals surface area (Å²) >= 11 is 0. The van der Waals surface area contributed by atoms with Crippen LogP contribution in [-0.2, 0) is 9.53 Å². The number of likely N-dealkylation sites (tertiary alicyclic amines) is 1. The highest BCUT2D eigenvalue weighted by Gasteiger charge is 2.50. The maximum atomic E-state index is 13.9. The van der Waals surface area contributed by atoms with Gasteiger partial charge in [0.2, 0.25) is 0 Å². The molecule has 2 saturated heterocycles. The first-order valence-electron chi connectivity index (χ1n) is 8.15. The summed E-state index contributed by atoms with van der Waals surface area (Å²) < 4.78 is 33.4. The summed E-state index contributed by atoms with van der Waals surface area (Å²) in [6.45, 7) is 8.55. The first-order chi connectivity index (χ1) is 10.1. The summed E-state index contributed by atoms with van der Waals surface area (Å²) in [4.78, 5) is 13.9. The summed E-state index contributed by atoms with van der Waals surface area (Å²) in [7, 11) is 0. The molecule has 0 aromatic rings. The lowest BCUT2D eigenvalue weighted by Crippen LogP contribution is -2.50. The molecule has 6 heteroatoms. The molecule has 2 atom stereocenters. The average molecular weight is 318 g/mol. The van der Waals surface area contributed by atoms with Gasteiger partial charge in [0, 0.05) is 12.5 Å². The first kappa shape index (κ1) is 17.6. The van der Waals surface area contributed by atoms with Crippen LogP contribution >= 0.6 is 0 Å². The smallest absolute Gasteiger partial charge is 0.311 e. The molecule has 2 aliphatic heterocycles. The third kappa shape index (κ3) is 4.16. The Labute approximate surface area is 131 Å². The third-order valence-corrected chi connectivity index (χ3v) is 4.57. The number of hydrogen-bond acceptors (Lipinski definition) is 4. The molecule has 0 saturated carbocycles. The molecule has 1 N–H and O–H groups in total. The van der Waals surface area contributed by atoms with E-state index < -0.39 is 23.5 Å².